The van der Waals surface area contributed by atoms with Crippen LogP contribution in [0.25, 0.3) is 0 Å². The minimum absolute atomic E-state index is 0.274. The van der Waals surface area contributed by atoms with Gasteiger partial charge in [0.1, 0.15) is 0 Å². The first-order valence-corrected chi connectivity index (χ1v) is 6.46. The molecule has 1 rings (SSSR count). The van der Waals surface area contributed by atoms with Gasteiger partial charge < -0.3 is 5.32 Å². The highest BCUT2D eigenvalue weighted by Crippen LogP contribution is 2.27. The molecule has 1 aliphatic rings. The fourth-order valence-corrected chi connectivity index (χ4v) is 3.05. The zero-order valence-electron chi connectivity index (χ0n) is 9.09. The van der Waals surface area contributed by atoms with Crippen molar-refractivity contribution in [3.63, 3.8) is 0 Å². The Kier molecular flexibility index (Phi) is 3.52. The van der Waals surface area contributed by atoms with Crippen LogP contribution in [0.3, 0.4) is 0 Å². The molecule has 0 spiro atoms. The van der Waals surface area contributed by atoms with Crippen molar-refractivity contribution in [3.05, 3.63) is 0 Å². The van der Waals surface area contributed by atoms with E-state index in [9.17, 15) is 4.21 Å². The van der Waals surface area contributed by atoms with Crippen molar-refractivity contribution in [1.82, 2.24) is 5.32 Å². The average Bonchev–Trinajstić information content (AvgIpc) is 2.09. The van der Waals surface area contributed by atoms with Crippen LogP contribution in [-0.4, -0.2) is 27.8 Å². The van der Waals surface area contributed by atoms with E-state index >= 15 is 0 Å². The molecular weight excluding hydrogens is 182 g/mol. The van der Waals surface area contributed by atoms with E-state index in [0.29, 0.717) is 11.3 Å². The molecule has 13 heavy (non-hydrogen) atoms. The molecule has 0 aliphatic carbocycles. The molecule has 3 atom stereocenters. The summed E-state index contributed by atoms with van der Waals surface area (Å²) >= 11 is 0. The maximum atomic E-state index is 11.6. The Hall–Kier alpha value is 0.110. The standard InChI is InChI=1S/C10H21NOS/c1-5-10(3,4)9-7-13(12)8(2)6-11-9/h8-9,11H,5-7H2,1-4H3. The molecule has 0 aromatic carbocycles. The Morgan fingerprint density at radius 1 is 1.54 bits per heavy atom. The van der Waals surface area contributed by atoms with Crippen molar-refractivity contribution in [2.75, 3.05) is 12.3 Å². The molecule has 78 valence electrons. The van der Waals surface area contributed by atoms with Gasteiger partial charge in [-0.25, -0.2) is 0 Å². The largest absolute Gasteiger partial charge is 0.311 e. The van der Waals surface area contributed by atoms with E-state index in [1.165, 1.54) is 0 Å². The molecule has 1 aliphatic heterocycles. The molecular formula is C10H21NOS. The molecule has 3 heteroatoms. The first kappa shape index (κ1) is 11.2. The van der Waals surface area contributed by atoms with Crippen LogP contribution in [0.5, 0.6) is 0 Å². The van der Waals surface area contributed by atoms with Crippen molar-refractivity contribution < 1.29 is 4.21 Å². The van der Waals surface area contributed by atoms with E-state index in [0.717, 1.165) is 18.7 Å². The van der Waals surface area contributed by atoms with Gasteiger partial charge in [0.25, 0.3) is 0 Å². The summed E-state index contributed by atoms with van der Waals surface area (Å²) in [5.41, 5.74) is 0.274. The van der Waals surface area contributed by atoms with Gasteiger partial charge >= 0.3 is 0 Å². The fourth-order valence-electron chi connectivity index (χ4n) is 1.54. The van der Waals surface area contributed by atoms with Crippen LogP contribution in [-0.2, 0) is 10.8 Å². The first-order valence-electron chi connectivity index (χ1n) is 5.08. The molecule has 1 saturated heterocycles. The Balaban J connectivity index is 2.60. The summed E-state index contributed by atoms with van der Waals surface area (Å²) in [5, 5.41) is 3.82. The number of nitrogens with one attached hydrogen (secondary N) is 1. The Morgan fingerprint density at radius 3 is 2.62 bits per heavy atom. The molecule has 1 N–H and O–H groups in total. The Bertz CT molecular complexity index is 203. The maximum absolute atomic E-state index is 11.6. The summed E-state index contributed by atoms with van der Waals surface area (Å²) in [6, 6.07) is 0.425. The van der Waals surface area contributed by atoms with Gasteiger partial charge in [-0.3, -0.25) is 4.21 Å². The maximum Gasteiger partial charge on any atom is 0.0445 e. The van der Waals surface area contributed by atoms with E-state index in [4.69, 9.17) is 0 Å². The summed E-state index contributed by atoms with van der Waals surface area (Å²) < 4.78 is 11.6. The van der Waals surface area contributed by atoms with E-state index in [-0.39, 0.29) is 5.41 Å². The van der Waals surface area contributed by atoms with Crippen LogP contribution in [0.2, 0.25) is 0 Å². The summed E-state index contributed by atoms with van der Waals surface area (Å²) in [6.45, 7) is 9.65. The van der Waals surface area contributed by atoms with E-state index < -0.39 is 10.8 Å². The summed E-state index contributed by atoms with van der Waals surface area (Å²) in [6.07, 6.45) is 1.14. The highest BCUT2D eigenvalue weighted by atomic mass is 32.2. The number of hydrogen-bond acceptors (Lipinski definition) is 2. The van der Waals surface area contributed by atoms with Crippen molar-refractivity contribution >= 4 is 10.8 Å². The van der Waals surface area contributed by atoms with Crippen LogP contribution in [0.4, 0.5) is 0 Å². The van der Waals surface area contributed by atoms with Crippen molar-refractivity contribution in [3.8, 4) is 0 Å². The lowest BCUT2D eigenvalue weighted by atomic mass is 9.82. The third kappa shape index (κ3) is 2.53. The minimum Gasteiger partial charge on any atom is -0.311 e. The highest BCUT2D eigenvalue weighted by molar-refractivity contribution is 7.85. The molecule has 0 aromatic rings. The quantitative estimate of drug-likeness (QED) is 0.737. The van der Waals surface area contributed by atoms with Gasteiger partial charge in [-0.2, -0.15) is 0 Å². The van der Waals surface area contributed by atoms with Gasteiger partial charge in [-0.05, 0) is 18.8 Å². The highest BCUT2D eigenvalue weighted by Gasteiger charge is 2.33. The predicted octanol–water partition coefficient (Wildman–Crippen LogP) is 1.53. The van der Waals surface area contributed by atoms with Crippen molar-refractivity contribution in [2.45, 2.75) is 45.4 Å². The summed E-state index contributed by atoms with van der Waals surface area (Å²) in [7, 11) is -0.626. The first-order chi connectivity index (χ1) is 5.97. The van der Waals surface area contributed by atoms with Gasteiger partial charge in [0, 0.05) is 34.4 Å². The molecule has 1 fully saturated rings. The van der Waals surface area contributed by atoms with Crippen molar-refractivity contribution in [1.29, 1.82) is 0 Å². The number of rotatable bonds is 2. The molecule has 3 unspecified atom stereocenters. The van der Waals surface area contributed by atoms with Crippen LogP contribution < -0.4 is 5.32 Å². The third-order valence-electron chi connectivity index (χ3n) is 3.29. The van der Waals surface area contributed by atoms with Crippen LogP contribution in [0, 0.1) is 5.41 Å². The minimum atomic E-state index is -0.626. The molecule has 0 amide bonds. The molecule has 0 bridgehead atoms. The van der Waals surface area contributed by atoms with E-state index in [1.54, 1.807) is 0 Å². The van der Waals surface area contributed by atoms with Gasteiger partial charge in [-0.15, -0.1) is 0 Å². The smallest absolute Gasteiger partial charge is 0.0445 e. The second-order valence-electron chi connectivity index (χ2n) is 4.66. The summed E-state index contributed by atoms with van der Waals surface area (Å²) in [4.78, 5) is 0. The Labute approximate surface area is 83.9 Å². The van der Waals surface area contributed by atoms with Crippen molar-refractivity contribution in [2.24, 2.45) is 5.41 Å². The SMILES string of the molecule is CCC(C)(C)C1CS(=O)C(C)CN1. The fraction of sp³-hybridized carbons (Fsp3) is 1.00. The van der Waals surface area contributed by atoms with Crippen LogP contribution >= 0.6 is 0 Å². The Morgan fingerprint density at radius 2 is 2.15 bits per heavy atom. The van der Waals surface area contributed by atoms with E-state index in [1.807, 2.05) is 0 Å². The lowest BCUT2D eigenvalue weighted by Crippen LogP contribution is -2.53. The van der Waals surface area contributed by atoms with Crippen LogP contribution in [0.15, 0.2) is 0 Å². The monoisotopic (exact) mass is 203 g/mol. The van der Waals surface area contributed by atoms with Gasteiger partial charge in [-0.1, -0.05) is 20.8 Å². The predicted molar refractivity (Wildman–Crippen MR) is 58.3 cm³/mol. The average molecular weight is 203 g/mol. The van der Waals surface area contributed by atoms with Gasteiger partial charge in [0.2, 0.25) is 0 Å². The van der Waals surface area contributed by atoms with Gasteiger partial charge in [0.05, 0.1) is 0 Å². The molecule has 0 aromatic heterocycles. The molecule has 1 heterocycles. The lowest BCUT2D eigenvalue weighted by molar-refractivity contribution is 0.245. The third-order valence-corrected chi connectivity index (χ3v) is 5.01. The molecule has 0 saturated carbocycles. The normalized spacial score (nSPS) is 36.2. The van der Waals surface area contributed by atoms with E-state index in [2.05, 4.69) is 33.0 Å². The molecule has 2 nitrogen and oxygen atoms in total. The zero-order valence-corrected chi connectivity index (χ0v) is 9.91. The second kappa shape index (κ2) is 4.09. The topological polar surface area (TPSA) is 29.1 Å². The van der Waals surface area contributed by atoms with Gasteiger partial charge in [0.15, 0.2) is 0 Å². The summed E-state index contributed by atoms with van der Waals surface area (Å²) in [5.74, 6) is 0.821. The number of hydrogen-bond donors (Lipinski definition) is 1. The lowest BCUT2D eigenvalue weighted by Gasteiger charge is -2.38. The molecule has 0 radical (unpaired) electrons. The zero-order chi connectivity index (χ0) is 10.1. The van der Waals surface area contributed by atoms with Crippen LogP contribution in [0.1, 0.15) is 34.1 Å². The second-order valence-corrected chi connectivity index (χ2v) is 6.56.